The molecule has 0 heterocycles. The zero-order valence-electron chi connectivity index (χ0n) is 10.2. The van der Waals surface area contributed by atoms with Gasteiger partial charge in [-0.2, -0.15) is 0 Å². The van der Waals surface area contributed by atoms with Crippen molar-refractivity contribution in [2.75, 3.05) is 0 Å². The van der Waals surface area contributed by atoms with Crippen LogP contribution in [-0.2, 0) is 6.42 Å². The van der Waals surface area contributed by atoms with Gasteiger partial charge in [0.25, 0.3) is 0 Å². The molecule has 1 rings (SSSR count). The molecule has 0 saturated heterocycles. The van der Waals surface area contributed by atoms with Crippen LogP contribution in [0, 0.1) is 19.8 Å². The molecular formula is C14H22O. The molecule has 0 spiro atoms. The Kier molecular flexibility index (Phi) is 4.34. The lowest BCUT2D eigenvalue weighted by atomic mass is 9.91. The summed E-state index contributed by atoms with van der Waals surface area (Å²) in [6, 6.07) is 6.31. The summed E-state index contributed by atoms with van der Waals surface area (Å²) in [7, 11) is 0. The van der Waals surface area contributed by atoms with Crippen LogP contribution in [0.25, 0.3) is 0 Å². The summed E-state index contributed by atoms with van der Waals surface area (Å²) in [5.41, 5.74) is 3.89. The van der Waals surface area contributed by atoms with Crippen LogP contribution in [0.2, 0.25) is 0 Å². The fraction of sp³-hybridized carbons (Fsp3) is 0.571. The van der Waals surface area contributed by atoms with Crippen molar-refractivity contribution >= 4 is 0 Å². The summed E-state index contributed by atoms with van der Waals surface area (Å²) in [6.45, 7) is 8.47. The van der Waals surface area contributed by atoms with E-state index in [2.05, 4.69) is 45.9 Å². The number of aryl methyl sites for hydroxylation is 2. The second-order valence-electron chi connectivity index (χ2n) is 4.53. The average molecular weight is 206 g/mol. The van der Waals surface area contributed by atoms with Gasteiger partial charge >= 0.3 is 0 Å². The number of aliphatic hydroxyl groups is 1. The Morgan fingerprint density at radius 2 is 1.73 bits per heavy atom. The standard InChI is InChI=1S/C14H22O/c1-5-10(2)14(15)9-13-11(3)7-6-8-12(13)4/h6-8,10,14-15H,5,9H2,1-4H3. The number of aliphatic hydroxyl groups excluding tert-OH is 1. The number of rotatable bonds is 4. The molecule has 1 nitrogen and oxygen atoms in total. The third kappa shape index (κ3) is 3.07. The van der Waals surface area contributed by atoms with E-state index in [1.54, 1.807) is 0 Å². The van der Waals surface area contributed by atoms with E-state index in [-0.39, 0.29) is 6.10 Å². The lowest BCUT2D eigenvalue weighted by Crippen LogP contribution is -2.20. The van der Waals surface area contributed by atoms with E-state index in [0.717, 1.165) is 12.8 Å². The Labute approximate surface area is 93.1 Å². The minimum absolute atomic E-state index is 0.213. The minimum Gasteiger partial charge on any atom is -0.393 e. The predicted molar refractivity (Wildman–Crippen MR) is 65.1 cm³/mol. The van der Waals surface area contributed by atoms with Crippen molar-refractivity contribution < 1.29 is 5.11 Å². The highest BCUT2D eigenvalue weighted by atomic mass is 16.3. The highest BCUT2D eigenvalue weighted by Gasteiger charge is 2.14. The maximum absolute atomic E-state index is 10.0. The molecule has 15 heavy (non-hydrogen) atoms. The van der Waals surface area contributed by atoms with Crippen LogP contribution in [0.1, 0.15) is 37.0 Å². The van der Waals surface area contributed by atoms with Gasteiger partial charge in [-0.05, 0) is 42.9 Å². The van der Waals surface area contributed by atoms with E-state index in [1.807, 2.05) is 0 Å². The molecule has 2 unspecified atom stereocenters. The predicted octanol–water partition coefficient (Wildman–Crippen LogP) is 3.25. The van der Waals surface area contributed by atoms with E-state index in [4.69, 9.17) is 0 Å². The quantitative estimate of drug-likeness (QED) is 0.801. The molecule has 0 fully saturated rings. The Bertz CT molecular complexity index is 297. The molecule has 1 heteroatoms. The third-order valence-electron chi connectivity index (χ3n) is 3.36. The molecule has 0 aliphatic heterocycles. The van der Waals surface area contributed by atoms with E-state index < -0.39 is 0 Å². The molecule has 1 aromatic carbocycles. The monoisotopic (exact) mass is 206 g/mol. The van der Waals surface area contributed by atoms with Gasteiger partial charge in [-0.25, -0.2) is 0 Å². The normalized spacial score (nSPS) is 15.0. The van der Waals surface area contributed by atoms with Crippen molar-refractivity contribution in [3.8, 4) is 0 Å². The van der Waals surface area contributed by atoms with Gasteiger partial charge in [0.05, 0.1) is 6.10 Å². The summed E-state index contributed by atoms with van der Waals surface area (Å²) >= 11 is 0. The molecule has 0 bridgehead atoms. The van der Waals surface area contributed by atoms with Gasteiger partial charge in [0, 0.05) is 0 Å². The zero-order valence-corrected chi connectivity index (χ0v) is 10.2. The average Bonchev–Trinajstić information content (AvgIpc) is 2.22. The molecule has 0 radical (unpaired) electrons. The van der Waals surface area contributed by atoms with E-state index in [0.29, 0.717) is 5.92 Å². The molecule has 84 valence electrons. The van der Waals surface area contributed by atoms with E-state index >= 15 is 0 Å². The second kappa shape index (κ2) is 5.32. The molecule has 1 N–H and O–H groups in total. The molecule has 0 saturated carbocycles. The first-order chi connectivity index (χ1) is 7.06. The highest BCUT2D eigenvalue weighted by Crippen LogP contribution is 2.19. The van der Waals surface area contributed by atoms with Gasteiger partial charge in [0.2, 0.25) is 0 Å². The fourth-order valence-electron chi connectivity index (χ4n) is 1.85. The van der Waals surface area contributed by atoms with E-state index in [1.165, 1.54) is 16.7 Å². The van der Waals surface area contributed by atoms with Gasteiger partial charge in [0.15, 0.2) is 0 Å². The maximum Gasteiger partial charge on any atom is 0.0606 e. The Morgan fingerprint density at radius 3 is 2.20 bits per heavy atom. The van der Waals surface area contributed by atoms with Crippen LogP contribution >= 0.6 is 0 Å². The fourth-order valence-corrected chi connectivity index (χ4v) is 1.85. The van der Waals surface area contributed by atoms with Crippen LogP contribution in [0.5, 0.6) is 0 Å². The Hall–Kier alpha value is -0.820. The van der Waals surface area contributed by atoms with Crippen molar-refractivity contribution in [2.24, 2.45) is 5.92 Å². The molecule has 0 amide bonds. The SMILES string of the molecule is CCC(C)C(O)Cc1c(C)cccc1C. The molecule has 0 aromatic heterocycles. The zero-order chi connectivity index (χ0) is 11.4. The smallest absolute Gasteiger partial charge is 0.0606 e. The van der Waals surface area contributed by atoms with Gasteiger partial charge in [0.1, 0.15) is 0 Å². The number of benzene rings is 1. The molecule has 2 atom stereocenters. The van der Waals surface area contributed by atoms with Crippen LogP contribution in [-0.4, -0.2) is 11.2 Å². The van der Waals surface area contributed by atoms with Gasteiger partial charge in [-0.3, -0.25) is 0 Å². The lowest BCUT2D eigenvalue weighted by molar-refractivity contribution is 0.114. The summed E-state index contributed by atoms with van der Waals surface area (Å²) < 4.78 is 0. The third-order valence-corrected chi connectivity index (χ3v) is 3.36. The lowest BCUT2D eigenvalue weighted by Gasteiger charge is -2.19. The minimum atomic E-state index is -0.213. The topological polar surface area (TPSA) is 20.2 Å². The first-order valence-corrected chi connectivity index (χ1v) is 5.79. The van der Waals surface area contributed by atoms with Crippen LogP contribution in [0.15, 0.2) is 18.2 Å². The summed E-state index contributed by atoms with van der Waals surface area (Å²) in [5.74, 6) is 0.379. The van der Waals surface area contributed by atoms with Crippen molar-refractivity contribution in [1.82, 2.24) is 0 Å². The van der Waals surface area contributed by atoms with Gasteiger partial charge in [-0.15, -0.1) is 0 Å². The van der Waals surface area contributed by atoms with Crippen LogP contribution in [0.4, 0.5) is 0 Å². The van der Waals surface area contributed by atoms with Crippen molar-refractivity contribution in [1.29, 1.82) is 0 Å². The number of hydrogen-bond donors (Lipinski definition) is 1. The second-order valence-corrected chi connectivity index (χ2v) is 4.53. The first kappa shape index (κ1) is 12.3. The van der Waals surface area contributed by atoms with Crippen molar-refractivity contribution in [3.63, 3.8) is 0 Å². The Morgan fingerprint density at radius 1 is 1.20 bits per heavy atom. The van der Waals surface area contributed by atoms with Crippen LogP contribution in [0.3, 0.4) is 0 Å². The van der Waals surface area contributed by atoms with Crippen molar-refractivity contribution in [2.45, 2.75) is 46.6 Å². The van der Waals surface area contributed by atoms with Crippen LogP contribution < -0.4 is 0 Å². The summed E-state index contributed by atoms with van der Waals surface area (Å²) in [5, 5.41) is 10.0. The number of hydrogen-bond acceptors (Lipinski definition) is 1. The molecule has 1 aromatic rings. The Balaban J connectivity index is 2.80. The molecule has 0 aliphatic carbocycles. The molecule has 0 aliphatic rings. The molecular weight excluding hydrogens is 184 g/mol. The van der Waals surface area contributed by atoms with Crippen molar-refractivity contribution in [3.05, 3.63) is 34.9 Å². The van der Waals surface area contributed by atoms with E-state index in [9.17, 15) is 5.11 Å². The van der Waals surface area contributed by atoms with Gasteiger partial charge < -0.3 is 5.11 Å². The first-order valence-electron chi connectivity index (χ1n) is 5.79. The maximum atomic E-state index is 10.0. The summed E-state index contributed by atoms with van der Waals surface area (Å²) in [4.78, 5) is 0. The summed E-state index contributed by atoms with van der Waals surface area (Å²) in [6.07, 6.45) is 1.61. The van der Waals surface area contributed by atoms with Gasteiger partial charge in [-0.1, -0.05) is 38.5 Å². The largest absolute Gasteiger partial charge is 0.393 e. The highest BCUT2D eigenvalue weighted by molar-refractivity contribution is 5.33.